The fraction of sp³-hybridized carbons (Fsp3) is 0.867. The molecule has 1 heterocycles. The van der Waals surface area contributed by atoms with Crippen LogP contribution in [0.25, 0.3) is 0 Å². The van der Waals surface area contributed by atoms with Crippen molar-refractivity contribution in [3.63, 3.8) is 0 Å². The van der Waals surface area contributed by atoms with Gasteiger partial charge in [-0.2, -0.15) is 5.26 Å². The average molecular weight is 246 g/mol. The highest BCUT2D eigenvalue weighted by atomic mass is 16.1. The summed E-state index contributed by atoms with van der Waals surface area (Å²) < 4.78 is 0. The van der Waals surface area contributed by atoms with Crippen LogP contribution in [0.3, 0.4) is 0 Å². The van der Waals surface area contributed by atoms with E-state index in [0.29, 0.717) is 29.6 Å². The summed E-state index contributed by atoms with van der Waals surface area (Å²) >= 11 is 0. The Morgan fingerprint density at radius 3 is 2.78 bits per heavy atom. The predicted octanol–water partition coefficient (Wildman–Crippen LogP) is 2.51. The van der Waals surface area contributed by atoms with E-state index in [1.807, 2.05) is 0 Å². The molecule has 2 atom stereocenters. The standard InChI is InChI=1S/C15H22N2O/c16-9-8-15(6-7-15)11-17-10-2-4-13(17)12-3-1-5-14(12)18/h12-13H,1-8,10-11H2. The second-order valence-electron chi connectivity index (χ2n) is 6.48. The molecule has 0 radical (unpaired) electrons. The minimum atomic E-state index is 0.291. The Bertz CT molecular complexity index is 380. The molecule has 1 saturated heterocycles. The van der Waals surface area contributed by atoms with E-state index < -0.39 is 0 Å². The maximum absolute atomic E-state index is 11.9. The zero-order chi connectivity index (χ0) is 12.6. The Morgan fingerprint density at radius 2 is 2.17 bits per heavy atom. The van der Waals surface area contributed by atoms with Crippen LogP contribution in [0.4, 0.5) is 0 Å². The van der Waals surface area contributed by atoms with Crippen molar-refractivity contribution >= 4 is 5.78 Å². The van der Waals surface area contributed by atoms with Crippen LogP contribution >= 0.6 is 0 Å². The molecule has 2 unspecified atom stereocenters. The van der Waals surface area contributed by atoms with Crippen molar-refractivity contribution in [3.05, 3.63) is 0 Å². The van der Waals surface area contributed by atoms with Gasteiger partial charge in [0.25, 0.3) is 0 Å². The number of hydrogen-bond donors (Lipinski definition) is 0. The Hall–Kier alpha value is -0.880. The number of carbonyl (C=O) groups excluding carboxylic acids is 1. The van der Waals surface area contributed by atoms with Gasteiger partial charge in [-0.05, 0) is 50.5 Å². The van der Waals surface area contributed by atoms with Gasteiger partial charge in [0.2, 0.25) is 0 Å². The van der Waals surface area contributed by atoms with Crippen molar-refractivity contribution in [2.24, 2.45) is 11.3 Å². The Kier molecular flexibility index (Phi) is 3.15. The first-order valence-electron chi connectivity index (χ1n) is 7.38. The molecule has 0 bridgehead atoms. The number of Topliss-reactive ketones (excluding diaryl/α,β-unsaturated/α-hetero) is 1. The summed E-state index contributed by atoms with van der Waals surface area (Å²) in [4.78, 5) is 14.5. The summed E-state index contributed by atoms with van der Waals surface area (Å²) in [5, 5.41) is 8.91. The van der Waals surface area contributed by atoms with Crippen LogP contribution in [0.15, 0.2) is 0 Å². The number of carbonyl (C=O) groups is 1. The van der Waals surface area contributed by atoms with Gasteiger partial charge in [0.1, 0.15) is 5.78 Å². The van der Waals surface area contributed by atoms with Crippen LogP contribution in [0.1, 0.15) is 51.4 Å². The lowest BCUT2D eigenvalue weighted by molar-refractivity contribution is -0.122. The first-order chi connectivity index (χ1) is 8.74. The average Bonchev–Trinajstić information content (AvgIpc) is 2.75. The molecule has 3 aliphatic rings. The highest BCUT2D eigenvalue weighted by molar-refractivity contribution is 5.83. The molecular weight excluding hydrogens is 224 g/mol. The van der Waals surface area contributed by atoms with E-state index in [4.69, 9.17) is 5.26 Å². The van der Waals surface area contributed by atoms with Gasteiger partial charge in [-0.1, -0.05) is 0 Å². The second-order valence-corrected chi connectivity index (χ2v) is 6.48. The van der Waals surface area contributed by atoms with E-state index in [9.17, 15) is 4.79 Å². The Labute approximate surface area is 109 Å². The van der Waals surface area contributed by atoms with Gasteiger partial charge >= 0.3 is 0 Å². The summed E-state index contributed by atoms with van der Waals surface area (Å²) in [5.74, 6) is 0.808. The van der Waals surface area contributed by atoms with Gasteiger partial charge in [0.15, 0.2) is 0 Å². The van der Waals surface area contributed by atoms with Crippen molar-refractivity contribution in [3.8, 4) is 6.07 Å². The van der Waals surface area contributed by atoms with E-state index in [1.165, 1.54) is 25.7 Å². The minimum absolute atomic E-state index is 0.291. The fourth-order valence-corrected chi connectivity index (χ4v) is 3.92. The monoisotopic (exact) mass is 246 g/mol. The minimum Gasteiger partial charge on any atom is -0.299 e. The third kappa shape index (κ3) is 2.19. The lowest BCUT2D eigenvalue weighted by Crippen LogP contribution is -2.40. The lowest BCUT2D eigenvalue weighted by atomic mass is 9.93. The molecule has 3 fully saturated rings. The summed E-state index contributed by atoms with van der Waals surface area (Å²) in [7, 11) is 0. The van der Waals surface area contributed by atoms with Crippen LogP contribution in [0.2, 0.25) is 0 Å². The molecule has 0 aromatic carbocycles. The molecule has 0 aromatic heterocycles. The highest BCUT2D eigenvalue weighted by Gasteiger charge is 2.47. The quantitative estimate of drug-likeness (QED) is 0.765. The zero-order valence-electron chi connectivity index (χ0n) is 11.0. The zero-order valence-corrected chi connectivity index (χ0v) is 11.0. The van der Waals surface area contributed by atoms with Crippen molar-refractivity contribution in [2.45, 2.75) is 57.4 Å². The molecule has 0 N–H and O–H groups in total. The summed E-state index contributed by atoms with van der Waals surface area (Å²) in [6, 6.07) is 2.84. The molecular formula is C15H22N2O. The third-order valence-corrected chi connectivity index (χ3v) is 5.18. The first kappa shape index (κ1) is 12.2. The molecule has 3 nitrogen and oxygen atoms in total. The smallest absolute Gasteiger partial charge is 0.137 e. The van der Waals surface area contributed by atoms with E-state index in [-0.39, 0.29) is 0 Å². The molecule has 1 aliphatic heterocycles. The van der Waals surface area contributed by atoms with Gasteiger partial charge in [-0.15, -0.1) is 0 Å². The third-order valence-electron chi connectivity index (χ3n) is 5.18. The molecule has 3 heteroatoms. The van der Waals surface area contributed by atoms with Gasteiger partial charge in [0.05, 0.1) is 6.07 Å². The molecule has 18 heavy (non-hydrogen) atoms. The van der Waals surface area contributed by atoms with E-state index in [0.717, 1.165) is 32.4 Å². The number of hydrogen-bond acceptors (Lipinski definition) is 3. The normalized spacial score (nSPS) is 34.7. The molecule has 0 aromatic rings. The van der Waals surface area contributed by atoms with Crippen LogP contribution in [0, 0.1) is 22.7 Å². The van der Waals surface area contributed by atoms with Crippen LogP contribution in [0.5, 0.6) is 0 Å². The number of ketones is 1. The maximum Gasteiger partial charge on any atom is 0.137 e. The van der Waals surface area contributed by atoms with E-state index in [1.54, 1.807) is 0 Å². The van der Waals surface area contributed by atoms with Crippen LogP contribution < -0.4 is 0 Å². The molecule has 2 aliphatic carbocycles. The summed E-state index contributed by atoms with van der Waals surface area (Å²) in [5.41, 5.74) is 0.291. The summed E-state index contributed by atoms with van der Waals surface area (Å²) in [6.07, 6.45) is 8.55. The van der Waals surface area contributed by atoms with E-state index >= 15 is 0 Å². The SMILES string of the molecule is N#CCC1(CN2CCCC2C2CCCC2=O)CC1. The van der Waals surface area contributed by atoms with Gasteiger partial charge in [-0.25, -0.2) is 0 Å². The number of nitriles is 1. The van der Waals surface area contributed by atoms with Gasteiger partial charge < -0.3 is 0 Å². The predicted molar refractivity (Wildman–Crippen MR) is 68.8 cm³/mol. The molecule has 0 amide bonds. The molecule has 98 valence electrons. The van der Waals surface area contributed by atoms with E-state index in [2.05, 4.69) is 11.0 Å². The topological polar surface area (TPSA) is 44.1 Å². The Balaban J connectivity index is 1.65. The number of likely N-dealkylation sites (tertiary alicyclic amines) is 1. The van der Waals surface area contributed by atoms with Crippen molar-refractivity contribution < 1.29 is 4.79 Å². The number of nitrogens with zero attached hydrogens (tertiary/aromatic N) is 2. The largest absolute Gasteiger partial charge is 0.299 e. The first-order valence-corrected chi connectivity index (χ1v) is 7.38. The van der Waals surface area contributed by atoms with Gasteiger partial charge in [0, 0.05) is 31.3 Å². The van der Waals surface area contributed by atoms with Crippen LogP contribution in [-0.2, 0) is 4.79 Å². The lowest BCUT2D eigenvalue weighted by Gasteiger charge is -2.31. The molecule has 0 spiro atoms. The highest BCUT2D eigenvalue weighted by Crippen LogP contribution is 2.50. The Morgan fingerprint density at radius 1 is 1.33 bits per heavy atom. The molecule has 2 saturated carbocycles. The second kappa shape index (κ2) is 4.66. The fourth-order valence-electron chi connectivity index (χ4n) is 3.92. The summed E-state index contributed by atoms with van der Waals surface area (Å²) in [6.45, 7) is 2.20. The van der Waals surface area contributed by atoms with Crippen molar-refractivity contribution in [2.75, 3.05) is 13.1 Å². The van der Waals surface area contributed by atoms with Crippen LogP contribution in [-0.4, -0.2) is 29.8 Å². The van der Waals surface area contributed by atoms with Crippen molar-refractivity contribution in [1.82, 2.24) is 4.90 Å². The van der Waals surface area contributed by atoms with Gasteiger partial charge in [-0.3, -0.25) is 9.69 Å². The maximum atomic E-state index is 11.9. The molecule has 3 rings (SSSR count). The van der Waals surface area contributed by atoms with Crippen molar-refractivity contribution in [1.29, 1.82) is 5.26 Å². The number of rotatable bonds is 4.